The smallest absolute Gasteiger partial charge is 0.259 e. The third-order valence-corrected chi connectivity index (χ3v) is 4.75. The van der Waals surface area contributed by atoms with E-state index in [0.29, 0.717) is 15.7 Å². The number of carbonyl (C=O) groups is 2. The van der Waals surface area contributed by atoms with Crippen LogP contribution in [0.3, 0.4) is 0 Å². The molecule has 0 spiro atoms. The summed E-state index contributed by atoms with van der Waals surface area (Å²) in [5.41, 5.74) is 0.450. The van der Waals surface area contributed by atoms with Gasteiger partial charge in [-0.2, -0.15) is 0 Å². The van der Waals surface area contributed by atoms with Crippen LogP contribution in [0.2, 0.25) is 5.02 Å². The summed E-state index contributed by atoms with van der Waals surface area (Å²) in [5, 5.41) is 14.0. The van der Waals surface area contributed by atoms with Crippen molar-refractivity contribution in [1.29, 1.82) is 0 Å². The van der Waals surface area contributed by atoms with Gasteiger partial charge in [0.25, 0.3) is 5.91 Å². The highest BCUT2D eigenvalue weighted by Gasteiger charge is 2.12. The molecule has 0 aliphatic carbocycles. The molecule has 0 aliphatic rings. The number of nitrogens with one attached hydrogen (secondary N) is 2. The molecule has 0 fully saturated rings. The molecule has 0 radical (unpaired) electrons. The largest absolute Gasteiger partial charge is 0.324 e. The van der Waals surface area contributed by atoms with Crippen molar-refractivity contribution < 1.29 is 14.0 Å². The van der Waals surface area contributed by atoms with Crippen LogP contribution in [0.5, 0.6) is 0 Å². The molecule has 9 heteroatoms. The highest BCUT2D eigenvalue weighted by molar-refractivity contribution is 7.99. The van der Waals surface area contributed by atoms with Crippen LogP contribution in [0.15, 0.2) is 65.7 Å². The number of halogens is 2. The van der Waals surface area contributed by atoms with Crippen molar-refractivity contribution in [2.45, 2.75) is 5.03 Å². The van der Waals surface area contributed by atoms with Crippen LogP contribution in [0, 0.1) is 5.82 Å². The summed E-state index contributed by atoms with van der Waals surface area (Å²) in [5.74, 6) is -1.19. The summed E-state index contributed by atoms with van der Waals surface area (Å²) in [7, 11) is 0. The normalized spacial score (nSPS) is 10.4. The molecule has 0 atom stereocenters. The van der Waals surface area contributed by atoms with Crippen molar-refractivity contribution >= 4 is 46.7 Å². The molecule has 0 aliphatic heterocycles. The number of hydrogen-bond donors (Lipinski definition) is 2. The summed E-state index contributed by atoms with van der Waals surface area (Å²) >= 11 is 7.18. The van der Waals surface area contributed by atoms with Gasteiger partial charge in [-0.05, 0) is 36.4 Å². The lowest BCUT2D eigenvalue weighted by molar-refractivity contribution is -0.113. The topological polar surface area (TPSA) is 84.0 Å². The molecule has 2 amide bonds. The lowest BCUT2D eigenvalue weighted by Crippen LogP contribution is -2.15. The molecular formula is C19H14ClFN4O2S. The standard InChI is InChI=1S/C19H14ClFN4O2S/c20-13-6-2-4-8-15(13)22-17(26)11-28-18-10-9-16(24-25-18)23-19(27)12-5-1-3-7-14(12)21/h1-10H,11H2,(H,22,26)(H,23,24,27). The summed E-state index contributed by atoms with van der Waals surface area (Å²) < 4.78 is 13.6. The van der Waals surface area contributed by atoms with E-state index in [2.05, 4.69) is 20.8 Å². The van der Waals surface area contributed by atoms with Gasteiger partial charge >= 0.3 is 0 Å². The molecular weight excluding hydrogens is 403 g/mol. The predicted octanol–water partition coefficient (Wildman–Crippen LogP) is 4.25. The Bertz CT molecular complexity index is 1000. The van der Waals surface area contributed by atoms with E-state index in [4.69, 9.17) is 11.6 Å². The van der Waals surface area contributed by atoms with E-state index in [0.717, 1.165) is 0 Å². The second kappa shape index (κ2) is 9.29. The second-order valence-corrected chi connectivity index (χ2v) is 6.91. The maximum Gasteiger partial charge on any atom is 0.259 e. The maximum absolute atomic E-state index is 13.6. The molecule has 2 N–H and O–H groups in total. The summed E-state index contributed by atoms with van der Waals surface area (Å²) in [6.45, 7) is 0. The highest BCUT2D eigenvalue weighted by Crippen LogP contribution is 2.21. The number of nitrogens with zero attached hydrogens (tertiary/aromatic N) is 2. The molecule has 0 unspecified atom stereocenters. The monoisotopic (exact) mass is 416 g/mol. The number of carbonyl (C=O) groups excluding carboxylic acids is 2. The Morgan fingerprint density at radius 3 is 2.43 bits per heavy atom. The zero-order valence-electron chi connectivity index (χ0n) is 14.4. The molecule has 2 aromatic carbocycles. The van der Waals surface area contributed by atoms with Gasteiger partial charge in [-0.3, -0.25) is 9.59 Å². The Hall–Kier alpha value is -2.97. The molecule has 6 nitrogen and oxygen atoms in total. The fraction of sp³-hybridized carbons (Fsp3) is 0.0526. The second-order valence-electron chi connectivity index (χ2n) is 5.51. The van der Waals surface area contributed by atoms with E-state index in [9.17, 15) is 14.0 Å². The highest BCUT2D eigenvalue weighted by atomic mass is 35.5. The van der Waals surface area contributed by atoms with Gasteiger partial charge in [0.2, 0.25) is 5.91 Å². The van der Waals surface area contributed by atoms with E-state index in [1.165, 1.54) is 36.0 Å². The minimum Gasteiger partial charge on any atom is -0.324 e. The number of benzene rings is 2. The fourth-order valence-corrected chi connectivity index (χ4v) is 2.98. The van der Waals surface area contributed by atoms with E-state index in [-0.39, 0.29) is 23.0 Å². The Morgan fingerprint density at radius 1 is 0.964 bits per heavy atom. The maximum atomic E-state index is 13.6. The van der Waals surface area contributed by atoms with Gasteiger partial charge < -0.3 is 10.6 Å². The average molecular weight is 417 g/mol. The molecule has 0 saturated carbocycles. The molecule has 0 saturated heterocycles. The Labute approximate surface area is 169 Å². The van der Waals surface area contributed by atoms with Crippen molar-refractivity contribution in [3.63, 3.8) is 0 Å². The van der Waals surface area contributed by atoms with Crippen LogP contribution in [0.4, 0.5) is 15.9 Å². The SMILES string of the molecule is O=C(CSc1ccc(NC(=O)c2ccccc2F)nn1)Nc1ccccc1Cl. The van der Waals surface area contributed by atoms with Gasteiger partial charge in [0, 0.05) is 0 Å². The number of para-hydroxylation sites is 1. The zero-order valence-corrected chi connectivity index (χ0v) is 15.9. The van der Waals surface area contributed by atoms with E-state index in [1.807, 2.05) is 0 Å². The average Bonchev–Trinajstić information content (AvgIpc) is 2.69. The van der Waals surface area contributed by atoms with Crippen molar-refractivity contribution in [2.75, 3.05) is 16.4 Å². The van der Waals surface area contributed by atoms with E-state index < -0.39 is 11.7 Å². The van der Waals surface area contributed by atoms with Gasteiger partial charge in [0.15, 0.2) is 5.82 Å². The van der Waals surface area contributed by atoms with Crippen LogP contribution in [0.1, 0.15) is 10.4 Å². The third-order valence-electron chi connectivity index (χ3n) is 3.50. The third kappa shape index (κ3) is 5.28. The quantitative estimate of drug-likeness (QED) is 0.587. The first kappa shape index (κ1) is 19.8. The molecule has 1 heterocycles. The number of hydrogen-bond acceptors (Lipinski definition) is 5. The number of anilines is 2. The van der Waals surface area contributed by atoms with Crippen molar-refractivity contribution in [1.82, 2.24) is 10.2 Å². The minimum atomic E-state index is -0.621. The Kier molecular flexibility index (Phi) is 6.57. The molecule has 0 bridgehead atoms. The minimum absolute atomic E-state index is 0.0843. The van der Waals surface area contributed by atoms with Crippen LogP contribution in [-0.2, 0) is 4.79 Å². The lowest BCUT2D eigenvalue weighted by atomic mass is 10.2. The van der Waals surface area contributed by atoms with Crippen LogP contribution < -0.4 is 10.6 Å². The van der Waals surface area contributed by atoms with Crippen LogP contribution >= 0.6 is 23.4 Å². The molecule has 3 aromatic rings. The van der Waals surface area contributed by atoms with Crippen LogP contribution in [0.25, 0.3) is 0 Å². The molecule has 142 valence electrons. The summed E-state index contributed by atoms with van der Waals surface area (Å²) in [6.07, 6.45) is 0. The number of thioether (sulfide) groups is 1. The van der Waals surface area contributed by atoms with Crippen molar-refractivity contribution in [3.8, 4) is 0 Å². The summed E-state index contributed by atoms with van der Waals surface area (Å²) in [6, 6.07) is 15.7. The first-order chi connectivity index (χ1) is 13.5. The number of rotatable bonds is 6. The van der Waals surface area contributed by atoms with Gasteiger partial charge in [-0.25, -0.2) is 4.39 Å². The predicted molar refractivity (Wildman–Crippen MR) is 107 cm³/mol. The lowest BCUT2D eigenvalue weighted by Gasteiger charge is -2.07. The van der Waals surface area contributed by atoms with Crippen LogP contribution in [-0.4, -0.2) is 27.8 Å². The van der Waals surface area contributed by atoms with Gasteiger partial charge in [0.1, 0.15) is 10.8 Å². The Balaban J connectivity index is 1.53. The molecule has 28 heavy (non-hydrogen) atoms. The molecule has 3 rings (SSSR count). The fourth-order valence-electron chi connectivity index (χ4n) is 2.18. The van der Waals surface area contributed by atoms with Crippen molar-refractivity contribution in [2.24, 2.45) is 0 Å². The zero-order chi connectivity index (χ0) is 19.9. The van der Waals surface area contributed by atoms with E-state index >= 15 is 0 Å². The summed E-state index contributed by atoms with van der Waals surface area (Å²) in [4.78, 5) is 24.1. The Morgan fingerprint density at radius 2 is 1.71 bits per heavy atom. The van der Waals surface area contributed by atoms with Crippen molar-refractivity contribution in [3.05, 3.63) is 77.1 Å². The number of amides is 2. The first-order valence-corrected chi connectivity index (χ1v) is 9.46. The molecule has 1 aromatic heterocycles. The van der Waals surface area contributed by atoms with Gasteiger partial charge in [0.05, 0.1) is 22.0 Å². The number of aromatic nitrogens is 2. The van der Waals surface area contributed by atoms with Gasteiger partial charge in [-0.1, -0.05) is 47.6 Å². The van der Waals surface area contributed by atoms with E-state index in [1.54, 1.807) is 36.4 Å². The first-order valence-electron chi connectivity index (χ1n) is 8.10. The van der Waals surface area contributed by atoms with Gasteiger partial charge in [-0.15, -0.1) is 10.2 Å².